The quantitative estimate of drug-likeness (QED) is 0.854. The summed E-state index contributed by atoms with van der Waals surface area (Å²) < 4.78 is 0. The summed E-state index contributed by atoms with van der Waals surface area (Å²) in [6.45, 7) is 4.32. The Bertz CT molecular complexity index is 531. The molecule has 0 saturated heterocycles. The van der Waals surface area contributed by atoms with Crippen molar-refractivity contribution in [3.63, 3.8) is 0 Å². The number of rotatable bonds is 4. The summed E-state index contributed by atoms with van der Waals surface area (Å²) in [6.07, 6.45) is 0.0295. The molecule has 0 aromatic heterocycles. The molecule has 0 aliphatic rings. The first-order valence-corrected chi connectivity index (χ1v) is 6.97. The maximum absolute atomic E-state index is 10.3. The SMILES string of the molecule is CC(C)c1ccc(C(O)Cc2ccccc2Cl)cc1. The van der Waals surface area contributed by atoms with E-state index in [2.05, 4.69) is 26.0 Å². The molecule has 1 N–H and O–H groups in total. The molecule has 1 atom stereocenters. The van der Waals surface area contributed by atoms with Crippen molar-refractivity contribution >= 4 is 11.6 Å². The highest BCUT2D eigenvalue weighted by molar-refractivity contribution is 6.31. The lowest BCUT2D eigenvalue weighted by atomic mass is 9.97. The van der Waals surface area contributed by atoms with Gasteiger partial charge in [-0.2, -0.15) is 0 Å². The van der Waals surface area contributed by atoms with Crippen LogP contribution in [0.1, 0.15) is 42.6 Å². The standard InChI is InChI=1S/C17H19ClO/c1-12(2)13-7-9-14(10-8-13)17(19)11-15-5-3-4-6-16(15)18/h3-10,12,17,19H,11H2,1-2H3. The van der Waals surface area contributed by atoms with Crippen molar-refractivity contribution < 1.29 is 5.11 Å². The van der Waals surface area contributed by atoms with Crippen LogP contribution in [0.15, 0.2) is 48.5 Å². The summed E-state index contributed by atoms with van der Waals surface area (Å²) in [5.74, 6) is 0.509. The van der Waals surface area contributed by atoms with Crippen molar-refractivity contribution in [1.29, 1.82) is 0 Å². The van der Waals surface area contributed by atoms with E-state index in [9.17, 15) is 5.11 Å². The van der Waals surface area contributed by atoms with Crippen LogP contribution in [-0.4, -0.2) is 5.11 Å². The van der Waals surface area contributed by atoms with Crippen molar-refractivity contribution in [2.24, 2.45) is 0 Å². The molecule has 0 radical (unpaired) electrons. The van der Waals surface area contributed by atoms with Gasteiger partial charge >= 0.3 is 0 Å². The third kappa shape index (κ3) is 3.59. The lowest BCUT2D eigenvalue weighted by Crippen LogP contribution is -2.02. The molecule has 0 fully saturated rings. The molecule has 100 valence electrons. The Labute approximate surface area is 119 Å². The Morgan fingerprint density at radius 2 is 1.53 bits per heavy atom. The average Bonchev–Trinajstić information content (AvgIpc) is 2.41. The smallest absolute Gasteiger partial charge is 0.0830 e. The van der Waals surface area contributed by atoms with E-state index in [4.69, 9.17) is 11.6 Å². The molecular weight excluding hydrogens is 256 g/mol. The van der Waals surface area contributed by atoms with E-state index >= 15 is 0 Å². The van der Waals surface area contributed by atoms with Gasteiger partial charge in [0.05, 0.1) is 6.10 Å². The summed E-state index contributed by atoms with van der Waals surface area (Å²) in [7, 11) is 0. The number of benzene rings is 2. The minimum Gasteiger partial charge on any atom is -0.388 e. The second-order valence-corrected chi connectivity index (χ2v) is 5.54. The summed E-state index contributed by atoms with van der Waals surface area (Å²) in [5.41, 5.74) is 3.20. The lowest BCUT2D eigenvalue weighted by molar-refractivity contribution is 0.178. The first-order chi connectivity index (χ1) is 9.08. The second-order valence-electron chi connectivity index (χ2n) is 5.13. The number of hydrogen-bond acceptors (Lipinski definition) is 1. The Hall–Kier alpha value is -1.31. The molecule has 0 bridgehead atoms. The van der Waals surface area contributed by atoms with Gasteiger partial charge in [0, 0.05) is 11.4 Å². The van der Waals surface area contributed by atoms with Crippen LogP contribution in [0.2, 0.25) is 5.02 Å². The monoisotopic (exact) mass is 274 g/mol. The number of aliphatic hydroxyl groups excluding tert-OH is 1. The Kier molecular flexibility index (Phi) is 4.62. The minimum atomic E-state index is -0.513. The molecule has 19 heavy (non-hydrogen) atoms. The predicted molar refractivity (Wildman–Crippen MR) is 80.6 cm³/mol. The molecule has 1 unspecified atom stereocenters. The van der Waals surface area contributed by atoms with E-state index in [1.165, 1.54) is 5.56 Å². The van der Waals surface area contributed by atoms with E-state index in [1.807, 2.05) is 36.4 Å². The molecule has 0 saturated carbocycles. The van der Waals surface area contributed by atoms with Crippen LogP contribution in [0.25, 0.3) is 0 Å². The molecule has 0 aliphatic carbocycles. The Morgan fingerprint density at radius 1 is 0.947 bits per heavy atom. The molecule has 1 nitrogen and oxygen atoms in total. The van der Waals surface area contributed by atoms with Crippen LogP contribution >= 0.6 is 11.6 Å². The summed E-state index contributed by atoms with van der Waals surface area (Å²) >= 11 is 6.11. The fourth-order valence-corrected chi connectivity index (χ4v) is 2.31. The summed E-state index contributed by atoms with van der Waals surface area (Å²) in [5, 5.41) is 11.0. The molecule has 0 amide bonds. The van der Waals surface area contributed by atoms with Gasteiger partial charge in [0.1, 0.15) is 0 Å². The third-order valence-corrected chi connectivity index (χ3v) is 3.73. The largest absolute Gasteiger partial charge is 0.388 e. The maximum atomic E-state index is 10.3. The topological polar surface area (TPSA) is 20.2 Å². The van der Waals surface area contributed by atoms with Crippen LogP contribution in [-0.2, 0) is 6.42 Å². The first-order valence-electron chi connectivity index (χ1n) is 6.59. The predicted octanol–water partition coefficient (Wildman–Crippen LogP) is 4.74. The van der Waals surface area contributed by atoms with Crippen LogP contribution in [0, 0.1) is 0 Å². The summed E-state index contributed by atoms with van der Waals surface area (Å²) in [6, 6.07) is 15.8. The Balaban J connectivity index is 2.12. The van der Waals surface area contributed by atoms with Crippen molar-refractivity contribution in [3.05, 3.63) is 70.2 Å². The highest BCUT2D eigenvalue weighted by atomic mass is 35.5. The van der Waals surface area contributed by atoms with Crippen LogP contribution in [0.5, 0.6) is 0 Å². The van der Waals surface area contributed by atoms with Crippen LogP contribution in [0.3, 0.4) is 0 Å². The van der Waals surface area contributed by atoms with E-state index in [0.29, 0.717) is 17.4 Å². The van der Waals surface area contributed by atoms with E-state index < -0.39 is 6.10 Å². The highest BCUT2D eigenvalue weighted by Crippen LogP contribution is 2.24. The first kappa shape index (κ1) is 14.1. The van der Waals surface area contributed by atoms with Crippen molar-refractivity contribution in [2.75, 3.05) is 0 Å². The molecule has 0 aliphatic heterocycles. The molecule has 2 heteroatoms. The fraction of sp³-hybridized carbons (Fsp3) is 0.294. The van der Waals surface area contributed by atoms with Gasteiger partial charge in [-0.3, -0.25) is 0 Å². The zero-order valence-electron chi connectivity index (χ0n) is 11.3. The van der Waals surface area contributed by atoms with Gasteiger partial charge in [-0.25, -0.2) is 0 Å². The molecule has 2 aromatic carbocycles. The minimum absolute atomic E-state index is 0.509. The second kappa shape index (κ2) is 6.23. The third-order valence-electron chi connectivity index (χ3n) is 3.36. The van der Waals surface area contributed by atoms with Gasteiger partial charge in [-0.05, 0) is 28.7 Å². The van der Waals surface area contributed by atoms with Crippen molar-refractivity contribution in [3.8, 4) is 0 Å². The maximum Gasteiger partial charge on any atom is 0.0830 e. The zero-order chi connectivity index (χ0) is 13.8. The van der Waals surface area contributed by atoms with Crippen LogP contribution < -0.4 is 0 Å². The van der Waals surface area contributed by atoms with Crippen molar-refractivity contribution in [2.45, 2.75) is 32.3 Å². The van der Waals surface area contributed by atoms with Gasteiger partial charge < -0.3 is 5.11 Å². The van der Waals surface area contributed by atoms with E-state index in [0.717, 1.165) is 11.1 Å². The molecule has 2 aromatic rings. The normalized spacial score (nSPS) is 12.7. The van der Waals surface area contributed by atoms with Gasteiger partial charge in [0.25, 0.3) is 0 Å². The number of aliphatic hydroxyl groups is 1. The molecule has 0 spiro atoms. The highest BCUT2D eigenvalue weighted by Gasteiger charge is 2.11. The van der Waals surface area contributed by atoms with Crippen LogP contribution in [0.4, 0.5) is 0 Å². The lowest BCUT2D eigenvalue weighted by Gasteiger charge is -2.13. The number of halogens is 1. The van der Waals surface area contributed by atoms with Gasteiger partial charge in [-0.15, -0.1) is 0 Å². The van der Waals surface area contributed by atoms with Gasteiger partial charge in [-0.1, -0.05) is 67.9 Å². The molecule has 2 rings (SSSR count). The zero-order valence-corrected chi connectivity index (χ0v) is 12.1. The molecule has 0 heterocycles. The van der Waals surface area contributed by atoms with Crippen molar-refractivity contribution in [1.82, 2.24) is 0 Å². The van der Waals surface area contributed by atoms with E-state index in [1.54, 1.807) is 0 Å². The molecular formula is C17H19ClO. The van der Waals surface area contributed by atoms with E-state index in [-0.39, 0.29) is 0 Å². The average molecular weight is 275 g/mol. The fourth-order valence-electron chi connectivity index (χ4n) is 2.09. The number of hydrogen-bond donors (Lipinski definition) is 1. The van der Waals surface area contributed by atoms with Gasteiger partial charge in [0.2, 0.25) is 0 Å². The summed E-state index contributed by atoms with van der Waals surface area (Å²) in [4.78, 5) is 0. The van der Waals surface area contributed by atoms with Gasteiger partial charge in [0.15, 0.2) is 0 Å². The Morgan fingerprint density at radius 3 is 2.11 bits per heavy atom.